The lowest BCUT2D eigenvalue weighted by atomic mass is 10.1. The molecule has 1 heterocycles. The lowest BCUT2D eigenvalue weighted by Gasteiger charge is -1.99. The number of hydrogen-bond donors (Lipinski definition) is 2. The second-order valence-electron chi connectivity index (χ2n) is 3.58. The first-order valence-electron chi connectivity index (χ1n) is 5.20. The van der Waals surface area contributed by atoms with E-state index in [1.54, 1.807) is 12.1 Å². The first-order chi connectivity index (χ1) is 8.11. The molecule has 0 unspecified atom stereocenters. The second-order valence-corrected chi connectivity index (χ2v) is 3.58. The predicted molar refractivity (Wildman–Crippen MR) is 60.3 cm³/mol. The fourth-order valence-corrected chi connectivity index (χ4v) is 1.64. The van der Waals surface area contributed by atoms with Crippen LogP contribution in [0.5, 0.6) is 0 Å². The Bertz CT molecular complexity index is 563. The SMILES string of the molecule is CCc1[nH]c(C(=O)O)nc1-c1cccc(F)c1. The molecule has 0 fully saturated rings. The van der Waals surface area contributed by atoms with Gasteiger partial charge in [-0.25, -0.2) is 14.2 Å². The standard InChI is InChI=1S/C12H11FN2O2/c1-2-9-10(15-11(14-9)12(16)17)7-4-3-5-8(13)6-7/h3-6H,2H2,1H3,(H,14,15)(H,16,17). The van der Waals surface area contributed by atoms with E-state index in [4.69, 9.17) is 5.11 Å². The van der Waals surface area contributed by atoms with Gasteiger partial charge in [-0.3, -0.25) is 0 Å². The molecule has 0 aliphatic carbocycles. The van der Waals surface area contributed by atoms with Crippen LogP contribution in [0, 0.1) is 5.82 Å². The van der Waals surface area contributed by atoms with Crippen molar-refractivity contribution in [1.82, 2.24) is 9.97 Å². The van der Waals surface area contributed by atoms with E-state index in [2.05, 4.69) is 9.97 Å². The molecule has 2 N–H and O–H groups in total. The summed E-state index contributed by atoms with van der Waals surface area (Å²) < 4.78 is 13.1. The van der Waals surface area contributed by atoms with Crippen LogP contribution in [-0.2, 0) is 6.42 Å². The minimum Gasteiger partial charge on any atom is -0.475 e. The van der Waals surface area contributed by atoms with Crippen LogP contribution in [0.2, 0.25) is 0 Å². The number of carboxylic acid groups (broad SMARTS) is 1. The molecule has 0 radical (unpaired) electrons. The van der Waals surface area contributed by atoms with Crippen LogP contribution in [0.3, 0.4) is 0 Å². The highest BCUT2D eigenvalue weighted by atomic mass is 19.1. The van der Waals surface area contributed by atoms with Crippen LogP contribution >= 0.6 is 0 Å². The van der Waals surface area contributed by atoms with Gasteiger partial charge in [-0.1, -0.05) is 19.1 Å². The fraction of sp³-hybridized carbons (Fsp3) is 0.167. The van der Waals surface area contributed by atoms with Gasteiger partial charge in [0, 0.05) is 11.3 Å². The van der Waals surface area contributed by atoms with Crippen LogP contribution in [0.15, 0.2) is 24.3 Å². The molecule has 0 amide bonds. The highest BCUT2D eigenvalue weighted by Gasteiger charge is 2.15. The maximum absolute atomic E-state index is 13.1. The maximum Gasteiger partial charge on any atom is 0.371 e. The summed E-state index contributed by atoms with van der Waals surface area (Å²) in [5.74, 6) is -1.62. The van der Waals surface area contributed by atoms with Gasteiger partial charge in [0.05, 0.1) is 5.69 Å². The van der Waals surface area contributed by atoms with E-state index < -0.39 is 5.97 Å². The van der Waals surface area contributed by atoms with Gasteiger partial charge in [0.25, 0.3) is 0 Å². The Hall–Kier alpha value is -2.17. The molecule has 17 heavy (non-hydrogen) atoms. The minimum atomic E-state index is -1.12. The number of H-pyrrole nitrogens is 1. The Labute approximate surface area is 97.1 Å². The number of nitrogens with zero attached hydrogens (tertiary/aromatic N) is 1. The molecule has 1 aromatic carbocycles. The van der Waals surface area contributed by atoms with Crippen molar-refractivity contribution >= 4 is 5.97 Å². The lowest BCUT2D eigenvalue weighted by Crippen LogP contribution is -1.98. The fourth-order valence-electron chi connectivity index (χ4n) is 1.64. The van der Waals surface area contributed by atoms with Crippen LogP contribution in [0.4, 0.5) is 4.39 Å². The summed E-state index contributed by atoms with van der Waals surface area (Å²) in [5, 5.41) is 8.85. The number of imidazole rings is 1. The normalized spacial score (nSPS) is 10.5. The number of benzene rings is 1. The number of nitrogens with one attached hydrogen (secondary N) is 1. The summed E-state index contributed by atoms with van der Waals surface area (Å²) in [5.41, 5.74) is 1.75. The molecule has 5 heteroatoms. The smallest absolute Gasteiger partial charge is 0.371 e. The third-order valence-electron chi connectivity index (χ3n) is 2.43. The Morgan fingerprint density at radius 3 is 2.88 bits per heavy atom. The molecule has 1 aromatic heterocycles. The van der Waals surface area contributed by atoms with Gasteiger partial charge >= 0.3 is 5.97 Å². The van der Waals surface area contributed by atoms with Crippen LogP contribution in [-0.4, -0.2) is 21.0 Å². The number of halogens is 1. The molecule has 0 saturated heterocycles. The highest BCUT2D eigenvalue weighted by Crippen LogP contribution is 2.22. The van der Waals surface area contributed by atoms with Crippen molar-refractivity contribution in [3.63, 3.8) is 0 Å². The highest BCUT2D eigenvalue weighted by molar-refractivity contribution is 5.84. The molecule has 0 bridgehead atoms. The van der Waals surface area contributed by atoms with Crippen molar-refractivity contribution in [2.75, 3.05) is 0 Å². The monoisotopic (exact) mass is 234 g/mol. The van der Waals surface area contributed by atoms with Crippen LogP contribution in [0.25, 0.3) is 11.3 Å². The van der Waals surface area contributed by atoms with Crippen molar-refractivity contribution < 1.29 is 14.3 Å². The number of aryl methyl sites for hydroxylation is 1. The van der Waals surface area contributed by atoms with E-state index in [1.165, 1.54) is 12.1 Å². The molecule has 0 atom stereocenters. The number of aromatic carboxylic acids is 1. The largest absolute Gasteiger partial charge is 0.475 e. The first kappa shape index (κ1) is 11.3. The lowest BCUT2D eigenvalue weighted by molar-refractivity contribution is 0.0684. The summed E-state index contributed by atoms with van der Waals surface area (Å²) in [6.07, 6.45) is 0.603. The average Bonchev–Trinajstić information content (AvgIpc) is 2.73. The average molecular weight is 234 g/mol. The minimum absolute atomic E-state index is 0.124. The topological polar surface area (TPSA) is 66.0 Å². The number of carboxylic acids is 1. The summed E-state index contributed by atoms with van der Waals surface area (Å²) in [6, 6.07) is 5.93. The number of carbonyl (C=O) groups is 1. The number of hydrogen-bond acceptors (Lipinski definition) is 2. The summed E-state index contributed by atoms with van der Waals surface area (Å²) in [7, 11) is 0. The van der Waals surface area contributed by atoms with E-state index in [1.807, 2.05) is 6.92 Å². The Morgan fingerprint density at radius 1 is 1.53 bits per heavy atom. The Morgan fingerprint density at radius 2 is 2.29 bits per heavy atom. The van der Waals surface area contributed by atoms with Gasteiger partial charge in [-0.2, -0.15) is 0 Å². The Balaban J connectivity index is 2.54. The first-order valence-corrected chi connectivity index (χ1v) is 5.20. The number of rotatable bonds is 3. The van der Waals surface area contributed by atoms with E-state index in [9.17, 15) is 9.18 Å². The van der Waals surface area contributed by atoms with Gasteiger partial charge in [-0.15, -0.1) is 0 Å². The molecule has 2 aromatic rings. The predicted octanol–water partition coefficient (Wildman–Crippen LogP) is 2.48. The van der Waals surface area contributed by atoms with Crippen molar-refractivity contribution in [3.05, 3.63) is 41.6 Å². The maximum atomic E-state index is 13.1. The quantitative estimate of drug-likeness (QED) is 0.857. The molecule has 88 valence electrons. The van der Waals surface area contributed by atoms with Crippen molar-refractivity contribution in [2.45, 2.75) is 13.3 Å². The molecular weight excluding hydrogens is 223 g/mol. The molecule has 4 nitrogen and oxygen atoms in total. The van der Waals surface area contributed by atoms with Gasteiger partial charge < -0.3 is 10.1 Å². The second kappa shape index (κ2) is 4.37. The van der Waals surface area contributed by atoms with E-state index in [0.717, 1.165) is 0 Å². The zero-order valence-corrected chi connectivity index (χ0v) is 9.20. The molecule has 0 spiro atoms. The van der Waals surface area contributed by atoms with Crippen molar-refractivity contribution in [1.29, 1.82) is 0 Å². The Kier molecular flexibility index (Phi) is 2.91. The molecule has 0 saturated carbocycles. The van der Waals surface area contributed by atoms with E-state index in [-0.39, 0.29) is 11.6 Å². The van der Waals surface area contributed by atoms with Crippen LogP contribution in [0.1, 0.15) is 23.2 Å². The van der Waals surface area contributed by atoms with Crippen molar-refractivity contribution in [2.24, 2.45) is 0 Å². The molecule has 2 rings (SSSR count). The van der Waals surface area contributed by atoms with Crippen LogP contribution < -0.4 is 0 Å². The zero-order chi connectivity index (χ0) is 12.4. The molecule has 0 aliphatic heterocycles. The third kappa shape index (κ3) is 2.18. The van der Waals surface area contributed by atoms with Gasteiger partial charge in [0.2, 0.25) is 5.82 Å². The van der Waals surface area contributed by atoms with Gasteiger partial charge in [0.1, 0.15) is 5.82 Å². The van der Waals surface area contributed by atoms with Crippen molar-refractivity contribution in [3.8, 4) is 11.3 Å². The molecule has 0 aliphatic rings. The number of aromatic nitrogens is 2. The van der Waals surface area contributed by atoms with Gasteiger partial charge in [0.15, 0.2) is 0 Å². The third-order valence-corrected chi connectivity index (χ3v) is 2.43. The van der Waals surface area contributed by atoms with E-state index >= 15 is 0 Å². The van der Waals surface area contributed by atoms with Gasteiger partial charge in [-0.05, 0) is 18.6 Å². The zero-order valence-electron chi connectivity index (χ0n) is 9.20. The summed E-state index contributed by atoms with van der Waals surface area (Å²) in [4.78, 5) is 17.5. The molecular formula is C12H11FN2O2. The summed E-state index contributed by atoms with van der Waals surface area (Å²) in [6.45, 7) is 1.88. The summed E-state index contributed by atoms with van der Waals surface area (Å²) >= 11 is 0. The number of aromatic amines is 1. The van der Waals surface area contributed by atoms with E-state index in [0.29, 0.717) is 23.4 Å².